The Kier molecular flexibility index (Phi) is 6.93. The maximum Gasteiger partial charge on any atom is 0.254 e. The third-order valence-electron chi connectivity index (χ3n) is 6.16. The highest BCUT2D eigenvalue weighted by atomic mass is 16.3. The monoisotopic (exact) mass is 430 g/mol. The summed E-state index contributed by atoms with van der Waals surface area (Å²) in [6, 6.07) is 12.5. The van der Waals surface area contributed by atoms with Crippen LogP contribution in [0.1, 0.15) is 30.5 Å². The molecule has 0 spiro atoms. The van der Waals surface area contributed by atoms with Gasteiger partial charge in [0.15, 0.2) is 0 Å². The van der Waals surface area contributed by atoms with Gasteiger partial charge in [0.25, 0.3) is 5.91 Å². The molecular weight excluding hydrogens is 400 g/mol. The molecule has 2 atom stereocenters. The Balaban J connectivity index is 1.32. The van der Waals surface area contributed by atoms with Crippen molar-refractivity contribution in [2.75, 3.05) is 13.2 Å². The summed E-state index contributed by atoms with van der Waals surface area (Å²) in [6.45, 7) is 7.48. The van der Waals surface area contributed by atoms with Crippen LogP contribution >= 0.6 is 0 Å². The fraction of sp³-hybridized carbons (Fsp3) is 0.346. The number of nitrogens with one attached hydrogen (secondary N) is 1. The molecule has 1 saturated carbocycles. The smallest absolute Gasteiger partial charge is 0.254 e. The number of nitrogens with zero attached hydrogens (tertiary/aromatic N) is 3. The summed E-state index contributed by atoms with van der Waals surface area (Å²) in [6.07, 6.45) is 8.02. The summed E-state index contributed by atoms with van der Waals surface area (Å²) in [4.78, 5) is 23.0. The highest BCUT2D eigenvalue weighted by Gasteiger charge is 2.28. The van der Waals surface area contributed by atoms with Gasteiger partial charge in [0.2, 0.25) is 0 Å². The fourth-order valence-corrected chi connectivity index (χ4v) is 4.27. The van der Waals surface area contributed by atoms with Gasteiger partial charge in [-0.3, -0.25) is 20.1 Å². The second-order valence-electron chi connectivity index (χ2n) is 8.51. The molecule has 166 valence electrons. The van der Waals surface area contributed by atoms with Gasteiger partial charge in [0.1, 0.15) is 0 Å². The Labute approximate surface area is 189 Å². The molecule has 6 heteroatoms. The Morgan fingerprint density at radius 1 is 1.25 bits per heavy atom. The first-order valence-corrected chi connectivity index (χ1v) is 11.1. The SMILES string of the molecule is C=C1C(=O)N(Cc2ccc(-c3ccnc(C)c3)cc2)C/C1=C/C=N\CN[C@@H]1CCC[C@H]1O. The molecule has 1 aliphatic heterocycles. The number of aryl methyl sites for hydroxylation is 1. The van der Waals surface area contributed by atoms with E-state index in [1.807, 2.05) is 25.3 Å². The van der Waals surface area contributed by atoms with E-state index in [2.05, 4.69) is 52.2 Å². The summed E-state index contributed by atoms with van der Waals surface area (Å²) >= 11 is 0. The third-order valence-corrected chi connectivity index (χ3v) is 6.16. The minimum Gasteiger partial charge on any atom is -0.392 e. The van der Waals surface area contributed by atoms with Crippen molar-refractivity contribution in [1.29, 1.82) is 0 Å². The zero-order valence-electron chi connectivity index (χ0n) is 18.5. The van der Waals surface area contributed by atoms with Crippen LogP contribution in [-0.2, 0) is 11.3 Å². The largest absolute Gasteiger partial charge is 0.392 e. The number of aliphatic imine (C=N–C) groups is 1. The van der Waals surface area contributed by atoms with E-state index in [-0.39, 0.29) is 18.1 Å². The molecule has 2 aromatic rings. The standard InChI is InChI=1S/C26H30N4O2/c1-18-14-22(11-13-28-18)21-8-6-20(7-9-21)15-30-16-23(19(2)26(30)32)10-12-27-17-29-24-4-3-5-25(24)31/h6-14,24-25,29,31H,2-5,15-17H2,1H3/b23-10-,27-12-/t24-,25-/m1/s1. The van der Waals surface area contributed by atoms with Crippen molar-refractivity contribution in [2.24, 2.45) is 4.99 Å². The van der Waals surface area contributed by atoms with Crippen LogP contribution in [-0.4, -0.2) is 52.5 Å². The van der Waals surface area contributed by atoms with Crippen LogP contribution in [0.15, 0.2) is 71.4 Å². The molecule has 4 rings (SSSR count). The van der Waals surface area contributed by atoms with Crippen molar-refractivity contribution in [1.82, 2.24) is 15.2 Å². The van der Waals surface area contributed by atoms with Crippen molar-refractivity contribution in [2.45, 2.75) is 44.9 Å². The average molecular weight is 431 g/mol. The number of benzene rings is 1. The minimum absolute atomic E-state index is 0.0364. The number of hydrogen-bond acceptors (Lipinski definition) is 5. The third kappa shape index (κ3) is 5.21. The quantitative estimate of drug-likeness (QED) is 0.521. The van der Waals surface area contributed by atoms with Gasteiger partial charge < -0.3 is 10.0 Å². The van der Waals surface area contributed by atoms with E-state index >= 15 is 0 Å². The van der Waals surface area contributed by atoms with Gasteiger partial charge in [-0.1, -0.05) is 30.8 Å². The number of carbonyl (C=O) groups excluding carboxylic acids is 1. The van der Waals surface area contributed by atoms with Gasteiger partial charge in [-0.15, -0.1) is 0 Å². The van der Waals surface area contributed by atoms with E-state index < -0.39 is 0 Å². The molecule has 2 N–H and O–H groups in total. The summed E-state index contributed by atoms with van der Waals surface area (Å²) in [5.74, 6) is -0.0364. The van der Waals surface area contributed by atoms with Crippen molar-refractivity contribution < 1.29 is 9.90 Å². The van der Waals surface area contributed by atoms with Crippen LogP contribution < -0.4 is 5.32 Å². The molecule has 0 unspecified atom stereocenters. The molecule has 0 radical (unpaired) electrons. The number of aromatic nitrogens is 1. The lowest BCUT2D eigenvalue weighted by molar-refractivity contribution is -0.125. The van der Waals surface area contributed by atoms with Crippen molar-refractivity contribution in [3.8, 4) is 11.1 Å². The Hall–Kier alpha value is -3.09. The molecule has 1 amide bonds. The second kappa shape index (κ2) is 10.0. The number of hydrogen-bond donors (Lipinski definition) is 2. The number of carbonyl (C=O) groups is 1. The first-order valence-electron chi connectivity index (χ1n) is 11.1. The first-order chi connectivity index (χ1) is 15.5. The summed E-state index contributed by atoms with van der Waals surface area (Å²) in [7, 11) is 0. The highest BCUT2D eigenvalue weighted by molar-refractivity contribution is 6.02. The number of rotatable bonds is 7. The molecule has 2 heterocycles. The van der Waals surface area contributed by atoms with E-state index in [1.165, 1.54) is 0 Å². The van der Waals surface area contributed by atoms with Crippen LogP contribution in [0.4, 0.5) is 0 Å². The fourth-order valence-electron chi connectivity index (χ4n) is 4.27. The molecule has 1 aromatic heterocycles. The molecule has 1 aromatic carbocycles. The predicted molar refractivity (Wildman–Crippen MR) is 127 cm³/mol. The summed E-state index contributed by atoms with van der Waals surface area (Å²) in [5, 5.41) is 13.1. The zero-order valence-corrected chi connectivity index (χ0v) is 18.5. The van der Waals surface area contributed by atoms with Crippen LogP contribution in [0.5, 0.6) is 0 Å². The summed E-state index contributed by atoms with van der Waals surface area (Å²) < 4.78 is 0. The normalized spacial score (nSPS) is 22.6. The Morgan fingerprint density at radius 2 is 2.06 bits per heavy atom. The van der Waals surface area contributed by atoms with Gasteiger partial charge in [0.05, 0.1) is 12.8 Å². The topological polar surface area (TPSA) is 77.8 Å². The van der Waals surface area contributed by atoms with Gasteiger partial charge in [0, 0.05) is 42.8 Å². The molecule has 2 fully saturated rings. The van der Waals surface area contributed by atoms with E-state index in [4.69, 9.17) is 0 Å². The number of aliphatic hydroxyl groups excluding tert-OH is 1. The number of aliphatic hydroxyl groups is 1. The number of likely N-dealkylation sites (tertiary alicyclic amines) is 1. The molecule has 2 aliphatic rings. The van der Waals surface area contributed by atoms with Crippen molar-refractivity contribution >= 4 is 12.1 Å². The van der Waals surface area contributed by atoms with E-state index in [9.17, 15) is 9.90 Å². The van der Waals surface area contributed by atoms with Crippen LogP contribution in [0.3, 0.4) is 0 Å². The van der Waals surface area contributed by atoms with Crippen molar-refractivity contribution in [3.63, 3.8) is 0 Å². The minimum atomic E-state index is -0.271. The predicted octanol–water partition coefficient (Wildman–Crippen LogP) is 3.41. The van der Waals surface area contributed by atoms with Gasteiger partial charge in [-0.25, -0.2) is 0 Å². The zero-order chi connectivity index (χ0) is 22.5. The van der Waals surface area contributed by atoms with Crippen molar-refractivity contribution in [3.05, 3.63) is 77.7 Å². The highest BCUT2D eigenvalue weighted by Crippen LogP contribution is 2.25. The number of pyridine rings is 1. The lowest BCUT2D eigenvalue weighted by Gasteiger charge is -2.15. The molecular formula is C26H30N4O2. The lowest BCUT2D eigenvalue weighted by atomic mass is 10.0. The van der Waals surface area contributed by atoms with E-state index in [0.717, 1.165) is 47.2 Å². The average Bonchev–Trinajstić information content (AvgIpc) is 3.32. The van der Waals surface area contributed by atoms with E-state index in [1.54, 1.807) is 11.1 Å². The van der Waals surface area contributed by atoms with Crippen LogP contribution in [0, 0.1) is 6.92 Å². The molecule has 1 aliphatic carbocycles. The van der Waals surface area contributed by atoms with E-state index in [0.29, 0.717) is 25.3 Å². The van der Waals surface area contributed by atoms with Gasteiger partial charge >= 0.3 is 0 Å². The lowest BCUT2D eigenvalue weighted by Crippen LogP contribution is -2.35. The Bertz CT molecular complexity index is 1040. The molecule has 0 bridgehead atoms. The first kappa shape index (κ1) is 22.1. The van der Waals surface area contributed by atoms with Crippen LogP contribution in [0.25, 0.3) is 11.1 Å². The van der Waals surface area contributed by atoms with Gasteiger partial charge in [-0.05, 0) is 66.7 Å². The Morgan fingerprint density at radius 3 is 2.78 bits per heavy atom. The molecule has 6 nitrogen and oxygen atoms in total. The molecule has 32 heavy (non-hydrogen) atoms. The second-order valence-corrected chi connectivity index (χ2v) is 8.51. The van der Waals surface area contributed by atoms with Crippen LogP contribution in [0.2, 0.25) is 0 Å². The molecule has 1 saturated heterocycles. The maximum absolute atomic E-state index is 12.6. The number of amides is 1. The number of allylic oxidation sites excluding steroid dienone is 1. The summed E-state index contributed by atoms with van der Waals surface area (Å²) in [5.41, 5.74) is 5.75. The maximum atomic E-state index is 12.6. The van der Waals surface area contributed by atoms with Gasteiger partial charge in [-0.2, -0.15) is 0 Å².